The van der Waals surface area contributed by atoms with E-state index in [0.29, 0.717) is 23.1 Å². The highest BCUT2D eigenvalue weighted by Gasteiger charge is 2.56. The molecule has 2 heterocycles. The first kappa shape index (κ1) is 26.0. The second-order valence-electron chi connectivity index (χ2n) is 8.29. The molecule has 0 saturated carbocycles. The first-order valence-electron chi connectivity index (χ1n) is 11.8. The summed E-state index contributed by atoms with van der Waals surface area (Å²) in [6.07, 6.45) is 0.623. The Balaban J connectivity index is 1.52. The standard InChI is InChI=1S/C26H29N2O6PS/c1-4-35(31,5-2)34-18(3)23(26(30)33-16-19-12-8-6-9-13-19)28-24(29)22-25(28)36-21(27-22)17-32-20-14-10-7-11-15-20/h6-15,22,25H,4-5,16-17H2,1-3H3. The molecule has 2 aromatic carbocycles. The zero-order chi connectivity index (χ0) is 25.7. The number of likely N-dealkylation sites (tertiary alicyclic amines) is 1. The molecule has 2 aliphatic rings. The lowest BCUT2D eigenvalue weighted by Gasteiger charge is -2.41. The van der Waals surface area contributed by atoms with Crippen LogP contribution in [0.3, 0.4) is 0 Å². The summed E-state index contributed by atoms with van der Waals surface area (Å²) in [5, 5.41) is 0.236. The fourth-order valence-corrected chi connectivity index (χ4v) is 6.32. The summed E-state index contributed by atoms with van der Waals surface area (Å²) < 4.78 is 30.2. The summed E-state index contributed by atoms with van der Waals surface area (Å²) in [6.45, 7) is 5.35. The van der Waals surface area contributed by atoms with Crippen LogP contribution in [0.15, 0.2) is 77.1 Å². The maximum atomic E-state index is 13.3. The number of thioether (sulfide) groups is 1. The van der Waals surface area contributed by atoms with Gasteiger partial charge in [-0.1, -0.05) is 74.1 Å². The molecule has 0 spiro atoms. The quantitative estimate of drug-likeness (QED) is 0.132. The summed E-state index contributed by atoms with van der Waals surface area (Å²) in [4.78, 5) is 32.2. The lowest BCUT2D eigenvalue weighted by atomic mass is 10.1. The van der Waals surface area contributed by atoms with Crippen LogP contribution in [0.4, 0.5) is 0 Å². The Hall–Kier alpha value is -3.03. The summed E-state index contributed by atoms with van der Waals surface area (Å²) in [5.74, 6) is -0.231. The Morgan fingerprint density at radius 2 is 1.67 bits per heavy atom. The largest absolute Gasteiger partial charge is 0.487 e. The zero-order valence-corrected chi connectivity index (χ0v) is 22.2. The van der Waals surface area contributed by atoms with Gasteiger partial charge in [-0.05, 0) is 24.6 Å². The first-order chi connectivity index (χ1) is 17.3. The van der Waals surface area contributed by atoms with Crippen LogP contribution in [0, 0.1) is 0 Å². The van der Waals surface area contributed by atoms with Gasteiger partial charge in [-0.2, -0.15) is 0 Å². The van der Waals surface area contributed by atoms with Crippen molar-refractivity contribution in [1.82, 2.24) is 4.90 Å². The van der Waals surface area contributed by atoms with Crippen molar-refractivity contribution in [2.24, 2.45) is 4.99 Å². The van der Waals surface area contributed by atoms with Crippen LogP contribution in [0.25, 0.3) is 0 Å². The number of esters is 1. The van der Waals surface area contributed by atoms with E-state index in [1.54, 1.807) is 20.8 Å². The van der Waals surface area contributed by atoms with E-state index < -0.39 is 24.8 Å². The van der Waals surface area contributed by atoms with Crippen LogP contribution in [0.1, 0.15) is 26.3 Å². The number of hydrogen-bond acceptors (Lipinski definition) is 8. The fourth-order valence-electron chi connectivity index (χ4n) is 3.83. The number of allylic oxidation sites excluding steroid dienone is 1. The topological polar surface area (TPSA) is 94.5 Å². The number of rotatable bonds is 11. The third kappa shape index (κ3) is 5.68. The molecule has 2 unspecified atom stereocenters. The lowest BCUT2D eigenvalue weighted by Crippen LogP contribution is -2.61. The van der Waals surface area contributed by atoms with Gasteiger partial charge < -0.3 is 14.0 Å². The fraction of sp³-hybridized carbons (Fsp3) is 0.346. The maximum Gasteiger partial charge on any atom is 0.358 e. The number of nitrogens with zero attached hydrogens (tertiary/aromatic N) is 2. The van der Waals surface area contributed by atoms with E-state index in [9.17, 15) is 14.2 Å². The molecule has 0 radical (unpaired) electrons. The van der Waals surface area contributed by atoms with Crippen molar-refractivity contribution < 1.29 is 28.2 Å². The molecule has 0 N–H and O–H groups in total. The van der Waals surface area contributed by atoms with Gasteiger partial charge in [0.25, 0.3) is 5.91 Å². The molecule has 1 fully saturated rings. The Morgan fingerprint density at radius 3 is 2.31 bits per heavy atom. The van der Waals surface area contributed by atoms with Gasteiger partial charge in [-0.3, -0.25) is 19.3 Å². The average Bonchev–Trinajstić information content (AvgIpc) is 3.29. The van der Waals surface area contributed by atoms with Crippen LogP contribution in [-0.2, 0) is 30.0 Å². The second kappa shape index (κ2) is 11.4. The number of para-hydroxylation sites is 1. The minimum atomic E-state index is -3.00. The molecule has 1 amide bonds. The Bertz CT molecular complexity index is 1210. The molecule has 0 bridgehead atoms. The predicted octanol–water partition coefficient (Wildman–Crippen LogP) is 5.06. The number of amides is 1. The van der Waals surface area contributed by atoms with Crippen molar-refractivity contribution in [2.45, 2.75) is 38.8 Å². The molecule has 10 heteroatoms. The molecule has 2 aromatic rings. The van der Waals surface area contributed by atoms with E-state index in [2.05, 4.69) is 4.99 Å². The molecular weight excluding hydrogens is 499 g/mol. The van der Waals surface area contributed by atoms with Crippen molar-refractivity contribution in [2.75, 3.05) is 18.9 Å². The molecule has 0 aromatic heterocycles. The molecule has 2 aliphatic heterocycles. The van der Waals surface area contributed by atoms with E-state index in [1.165, 1.54) is 16.7 Å². The van der Waals surface area contributed by atoms with Gasteiger partial charge in [0.1, 0.15) is 35.1 Å². The van der Waals surface area contributed by atoms with E-state index in [1.807, 2.05) is 60.7 Å². The number of fused-ring (bicyclic) bond motifs is 1. The summed E-state index contributed by atoms with van der Waals surface area (Å²) >= 11 is 1.36. The second-order valence-corrected chi connectivity index (χ2v) is 12.6. The summed E-state index contributed by atoms with van der Waals surface area (Å²) in [6, 6.07) is 18.0. The van der Waals surface area contributed by atoms with Crippen LogP contribution in [-0.4, -0.2) is 52.2 Å². The molecule has 190 valence electrons. The van der Waals surface area contributed by atoms with Crippen molar-refractivity contribution in [3.63, 3.8) is 0 Å². The number of aliphatic imine (C=N–C) groups is 1. The molecule has 2 atom stereocenters. The minimum absolute atomic E-state index is 0.0333. The highest BCUT2D eigenvalue weighted by molar-refractivity contribution is 8.15. The highest BCUT2D eigenvalue weighted by atomic mass is 32.2. The van der Waals surface area contributed by atoms with Crippen LogP contribution in [0.5, 0.6) is 5.75 Å². The predicted molar refractivity (Wildman–Crippen MR) is 140 cm³/mol. The van der Waals surface area contributed by atoms with Crippen molar-refractivity contribution in [3.05, 3.63) is 77.7 Å². The highest BCUT2D eigenvalue weighted by Crippen LogP contribution is 2.50. The first-order valence-corrected chi connectivity index (χ1v) is 14.7. The summed E-state index contributed by atoms with van der Waals surface area (Å²) in [7, 11) is -3.00. The Labute approximate surface area is 215 Å². The summed E-state index contributed by atoms with van der Waals surface area (Å²) in [5.41, 5.74) is 0.774. The maximum absolute atomic E-state index is 13.3. The van der Waals surface area contributed by atoms with Gasteiger partial charge in [-0.25, -0.2) is 4.79 Å². The molecule has 0 aliphatic carbocycles. The van der Waals surface area contributed by atoms with E-state index in [-0.39, 0.29) is 30.6 Å². The number of carbonyl (C=O) groups is 2. The minimum Gasteiger partial charge on any atom is -0.487 e. The number of β-lactam (4-membered cyclic amide) rings is 1. The zero-order valence-electron chi connectivity index (χ0n) is 20.5. The van der Waals surface area contributed by atoms with E-state index >= 15 is 0 Å². The monoisotopic (exact) mass is 528 g/mol. The van der Waals surface area contributed by atoms with Crippen LogP contribution in [0.2, 0.25) is 0 Å². The lowest BCUT2D eigenvalue weighted by molar-refractivity contribution is -0.151. The van der Waals surface area contributed by atoms with Gasteiger partial charge >= 0.3 is 5.97 Å². The van der Waals surface area contributed by atoms with Crippen LogP contribution >= 0.6 is 19.1 Å². The average molecular weight is 529 g/mol. The van der Waals surface area contributed by atoms with Crippen LogP contribution < -0.4 is 4.74 Å². The number of carbonyl (C=O) groups excluding carboxylic acids is 2. The number of hydrogen-bond donors (Lipinski definition) is 0. The van der Waals surface area contributed by atoms with Gasteiger partial charge in [0.15, 0.2) is 11.7 Å². The smallest absolute Gasteiger partial charge is 0.358 e. The van der Waals surface area contributed by atoms with Gasteiger partial charge in [-0.15, -0.1) is 0 Å². The normalized spacial score (nSPS) is 19.6. The molecular formula is C26H29N2O6PS. The molecule has 4 rings (SSSR count). The van der Waals surface area contributed by atoms with Gasteiger partial charge in [0.05, 0.1) is 0 Å². The third-order valence-electron chi connectivity index (χ3n) is 5.91. The number of benzene rings is 2. The van der Waals surface area contributed by atoms with E-state index in [4.69, 9.17) is 14.0 Å². The number of ether oxygens (including phenoxy) is 2. The van der Waals surface area contributed by atoms with Crippen molar-refractivity contribution in [3.8, 4) is 5.75 Å². The van der Waals surface area contributed by atoms with Gasteiger partial charge in [0.2, 0.25) is 7.37 Å². The van der Waals surface area contributed by atoms with Gasteiger partial charge in [0, 0.05) is 12.3 Å². The molecule has 8 nitrogen and oxygen atoms in total. The van der Waals surface area contributed by atoms with E-state index in [0.717, 1.165) is 5.56 Å². The van der Waals surface area contributed by atoms with Crippen molar-refractivity contribution in [1.29, 1.82) is 0 Å². The molecule has 1 saturated heterocycles. The van der Waals surface area contributed by atoms with Crippen molar-refractivity contribution >= 4 is 36.1 Å². The third-order valence-corrected chi connectivity index (χ3v) is 9.65. The molecule has 36 heavy (non-hydrogen) atoms. The SMILES string of the molecule is CCP(=O)(CC)OC(C)=C(C(=O)OCc1ccccc1)N1C(=O)C2N=C(COc3ccccc3)SC21. The Kier molecular flexibility index (Phi) is 8.21. The Morgan fingerprint density at radius 1 is 1.03 bits per heavy atom.